The molecular weight excluding hydrogens is 709 g/mol. The van der Waals surface area contributed by atoms with E-state index in [-0.39, 0.29) is 58.4 Å². The number of amides is 2. The molecule has 2 amide bonds. The lowest BCUT2D eigenvalue weighted by Crippen LogP contribution is -2.24. The maximum Gasteiger partial charge on any atom is 0.256 e. The molecule has 4 aromatic carbocycles. The molecule has 2 unspecified atom stereocenters. The van der Waals surface area contributed by atoms with Crippen LogP contribution in [0.1, 0.15) is 51.3 Å². The largest absolute Gasteiger partial charge is 0.490 e. The zero-order valence-corrected chi connectivity index (χ0v) is 29.8. The summed E-state index contributed by atoms with van der Waals surface area (Å²) in [5, 5.41) is 6.58. The lowest BCUT2D eigenvalue weighted by Gasteiger charge is -2.13. The molecule has 0 radical (unpaired) electrons. The number of ether oxygens (including phenoxy) is 2. The first-order valence-electron chi connectivity index (χ1n) is 16.9. The van der Waals surface area contributed by atoms with Crippen LogP contribution in [0.3, 0.4) is 0 Å². The van der Waals surface area contributed by atoms with Gasteiger partial charge < -0.3 is 28.9 Å². The standard InChI is InChI=1S/C39H33F2N3O8S/c1-18-13-25-28(49-18)11-12-29-31(25)34(38(45)42-3)37(51-29)24-10-9-23(41)15-21(24)17-43-39(46)33-32-26-14-19(2)50-36(26)27(44-53(4,47)48)16-30(32)52-35(33)20-5-7-22(40)8-6-20/h5-12,15-16,18-19,44H,13-14,17H2,1-4H3,(H,42,45)(H,43,46). The van der Waals surface area contributed by atoms with E-state index in [2.05, 4.69) is 15.4 Å². The number of furan rings is 2. The van der Waals surface area contributed by atoms with Crippen LogP contribution in [-0.4, -0.2) is 45.7 Å². The predicted molar refractivity (Wildman–Crippen MR) is 194 cm³/mol. The van der Waals surface area contributed by atoms with Crippen LogP contribution >= 0.6 is 0 Å². The Balaban J connectivity index is 1.24. The highest BCUT2D eigenvalue weighted by molar-refractivity contribution is 7.92. The average Bonchev–Trinajstić information content (AvgIpc) is 3.88. The minimum Gasteiger partial charge on any atom is -0.490 e. The van der Waals surface area contributed by atoms with Crippen molar-refractivity contribution in [3.8, 4) is 34.1 Å². The Morgan fingerprint density at radius 3 is 2.19 bits per heavy atom. The molecule has 2 aromatic heterocycles. The summed E-state index contributed by atoms with van der Waals surface area (Å²) < 4.78 is 80.5. The van der Waals surface area contributed by atoms with Gasteiger partial charge in [-0.1, -0.05) is 0 Å². The third kappa shape index (κ3) is 6.02. The number of carbonyl (C=O) groups is 2. The molecule has 4 heterocycles. The molecular formula is C39H33F2N3O8S. The van der Waals surface area contributed by atoms with E-state index in [1.165, 1.54) is 55.6 Å². The fourth-order valence-electron chi connectivity index (χ4n) is 7.30. The van der Waals surface area contributed by atoms with Gasteiger partial charge in [-0.25, -0.2) is 17.2 Å². The van der Waals surface area contributed by atoms with E-state index < -0.39 is 33.5 Å². The molecule has 0 saturated carbocycles. The molecule has 2 atom stereocenters. The number of fused-ring (bicyclic) bond motifs is 6. The highest BCUT2D eigenvalue weighted by Crippen LogP contribution is 2.47. The second-order valence-electron chi connectivity index (χ2n) is 13.3. The molecule has 0 fully saturated rings. The monoisotopic (exact) mass is 741 g/mol. The number of hydrogen-bond donors (Lipinski definition) is 3. The van der Waals surface area contributed by atoms with Gasteiger partial charge in [-0.3, -0.25) is 14.3 Å². The molecule has 0 spiro atoms. The summed E-state index contributed by atoms with van der Waals surface area (Å²) in [5.41, 5.74) is 3.66. The van der Waals surface area contributed by atoms with Crippen molar-refractivity contribution in [2.45, 2.75) is 45.4 Å². The lowest BCUT2D eigenvalue weighted by atomic mass is 9.96. The van der Waals surface area contributed by atoms with Gasteiger partial charge in [-0.05, 0) is 74.0 Å². The van der Waals surface area contributed by atoms with Crippen LogP contribution < -0.4 is 24.8 Å². The Morgan fingerprint density at radius 2 is 1.45 bits per heavy atom. The molecule has 0 saturated heterocycles. The van der Waals surface area contributed by atoms with E-state index in [9.17, 15) is 26.8 Å². The minimum absolute atomic E-state index is 0.0968. The number of rotatable bonds is 8. The first-order valence-corrected chi connectivity index (χ1v) is 18.8. The van der Waals surface area contributed by atoms with E-state index in [1.54, 1.807) is 12.1 Å². The summed E-state index contributed by atoms with van der Waals surface area (Å²) in [6, 6.07) is 14.4. The predicted octanol–water partition coefficient (Wildman–Crippen LogP) is 7.10. The number of hydrogen-bond acceptors (Lipinski definition) is 8. The Bertz CT molecular complexity index is 2610. The summed E-state index contributed by atoms with van der Waals surface area (Å²) in [5.74, 6) is -0.851. The van der Waals surface area contributed by atoms with E-state index in [1.807, 2.05) is 13.8 Å². The summed E-state index contributed by atoms with van der Waals surface area (Å²) in [6.07, 6.45) is 1.47. The van der Waals surface area contributed by atoms with Crippen LogP contribution in [0.4, 0.5) is 14.5 Å². The van der Waals surface area contributed by atoms with Crippen LogP contribution in [0.15, 0.2) is 69.5 Å². The van der Waals surface area contributed by atoms with Crippen molar-refractivity contribution in [1.82, 2.24) is 10.6 Å². The summed E-state index contributed by atoms with van der Waals surface area (Å²) >= 11 is 0. The van der Waals surface area contributed by atoms with Crippen LogP contribution in [0.25, 0.3) is 44.6 Å². The first kappa shape index (κ1) is 34.2. The van der Waals surface area contributed by atoms with Gasteiger partial charge in [-0.15, -0.1) is 0 Å². The molecule has 6 aromatic rings. The van der Waals surface area contributed by atoms with Gasteiger partial charge in [0.1, 0.15) is 58.0 Å². The summed E-state index contributed by atoms with van der Waals surface area (Å²) in [7, 11) is -2.21. The van der Waals surface area contributed by atoms with Crippen LogP contribution in [0.2, 0.25) is 0 Å². The van der Waals surface area contributed by atoms with Crippen LogP contribution in [-0.2, 0) is 29.4 Å². The zero-order chi connectivity index (χ0) is 37.3. The van der Waals surface area contributed by atoms with Gasteiger partial charge in [0, 0.05) is 65.5 Å². The Kier molecular flexibility index (Phi) is 8.17. The Morgan fingerprint density at radius 1 is 0.792 bits per heavy atom. The molecule has 272 valence electrons. The SMILES string of the molecule is CNC(=O)c1c(-c2ccc(F)cc2CNC(=O)c2c(-c3ccc(F)cc3)oc3cc(NS(C)(=O)=O)c4c(c23)CC(C)O4)oc2ccc3c(c12)CC(C)O3. The number of nitrogens with one attached hydrogen (secondary N) is 3. The highest BCUT2D eigenvalue weighted by atomic mass is 32.2. The van der Waals surface area contributed by atoms with Crippen molar-refractivity contribution in [3.63, 3.8) is 0 Å². The number of carbonyl (C=O) groups excluding carboxylic acids is 2. The quantitative estimate of drug-likeness (QED) is 0.150. The molecule has 14 heteroatoms. The van der Waals surface area contributed by atoms with E-state index in [0.717, 1.165) is 11.8 Å². The van der Waals surface area contributed by atoms with Gasteiger partial charge >= 0.3 is 0 Å². The second kappa shape index (κ2) is 12.7. The fraction of sp³-hybridized carbons (Fsp3) is 0.231. The molecule has 11 nitrogen and oxygen atoms in total. The van der Waals surface area contributed by atoms with Crippen molar-refractivity contribution in [2.75, 3.05) is 18.0 Å². The number of benzene rings is 4. The molecule has 2 aliphatic rings. The third-order valence-electron chi connectivity index (χ3n) is 9.42. The van der Waals surface area contributed by atoms with E-state index >= 15 is 0 Å². The van der Waals surface area contributed by atoms with Gasteiger partial charge in [0.2, 0.25) is 10.0 Å². The first-order chi connectivity index (χ1) is 25.3. The van der Waals surface area contributed by atoms with Gasteiger partial charge in [0.05, 0.1) is 23.1 Å². The van der Waals surface area contributed by atoms with E-state index in [4.69, 9.17) is 18.3 Å². The molecule has 0 bridgehead atoms. The smallest absolute Gasteiger partial charge is 0.256 e. The van der Waals surface area contributed by atoms with Crippen molar-refractivity contribution in [1.29, 1.82) is 0 Å². The normalized spacial score (nSPS) is 16.3. The highest BCUT2D eigenvalue weighted by Gasteiger charge is 2.34. The Hall–Kier alpha value is -5.89. The Labute approximate surface area is 302 Å². The maximum absolute atomic E-state index is 14.9. The molecule has 0 aliphatic carbocycles. The molecule has 3 N–H and O–H groups in total. The maximum atomic E-state index is 14.9. The number of sulfonamides is 1. The van der Waals surface area contributed by atoms with Crippen LogP contribution in [0, 0.1) is 11.6 Å². The topological polar surface area (TPSA) is 149 Å². The summed E-state index contributed by atoms with van der Waals surface area (Å²) in [6.45, 7) is 3.55. The number of anilines is 1. The van der Waals surface area contributed by atoms with Crippen molar-refractivity contribution in [3.05, 3.63) is 100 Å². The third-order valence-corrected chi connectivity index (χ3v) is 10.0. The molecule has 53 heavy (non-hydrogen) atoms. The van der Waals surface area contributed by atoms with Crippen LogP contribution in [0.5, 0.6) is 11.5 Å². The van der Waals surface area contributed by atoms with Crippen molar-refractivity contribution in [2.24, 2.45) is 0 Å². The van der Waals surface area contributed by atoms with Crippen molar-refractivity contribution < 1.29 is 45.1 Å². The molecule has 8 rings (SSSR count). The zero-order valence-electron chi connectivity index (χ0n) is 29.0. The van der Waals surface area contributed by atoms with Gasteiger partial charge in [-0.2, -0.15) is 0 Å². The number of halogens is 2. The van der Waals surface area contributed by atoms with Gasteiger partial charge in [0.15, 0.2) is 0 Å². The van der Waals surface area contributed by atoms with Crippen molar-refractivity contribution >= 4 is 49.5 Å². The van der Waals surface area contributed by atoms with E-state index in [0.29, 0.717) is 57.2 Å². The average molecular weight is 742 g/mol. The summed E-state index contributed by atoms with van der Waals surface area (Å²) in [4.78, 5) is 27.9. The second-order valence-corrected chi connectivity index (χ2v) is 15.1. The minimum atomic E-state index is -3.72. The lowest BCUT2D eigenvalue weighted by molar-refractivity contribution is 0.0947. The van der Waals surface area contributed by atoms with Gasteiger partial charge in [0.25, 0.3) is 11.8 Å². The fourth-order valence-corrected chi connectivity index (χ4v) is 7.86. The molecule has 2 aliphatic heterocycles.